The van der Waals surface area contributed by atoms with Gasteiger partial charge in [-0.25, -0.2) is 9.97 Å². The van der Waals surface area contributed by atoms with Gasteiger partial charge in [-0.3, -0.25) is 4.79 Å². The molecule has 120 valence electrons. The highest BCUT2D eigenvalue weighted by Gasteiger charge is 2.14. The summed E-state index contributed by atoms with van der Waals surface area (Å²) in [6, 6.07) is 5.98. The number of carbonyl (C=O) groups is 1. The van der Waals surface area contributed by atoms with Crippen molar-refractivity contribution in [3.05, 3.63) is 47.3 Å². The Morgan fingerprint density at radius 3 is 2.22 bits per heavy atom. The number of hydrogen-bond acceptors (Lipinski definition) is 4. The monoisotopic (exact) mass is 310 g/mol. The van der Waals surface area contributed by atoms with Crippen LogP contribution in [-0.4, -0.2) is 29.0 Å². The van der Waals surface area contributed by atoms with Gasteiger partial charge < -0.3 is 10.2 Å². The lowest BCUT2D eigenvalue weighted by atomic mass is 10.1. The van der Waals surface area contributed by atoms with Crippen molar-refractivity contribution in [2.75, 3.05) is 23.3 Å². The van der Waals surface area contributed by atoms with Crippen LogP contribution in [0.1, 0.15) is 40.7 Å². The lowest BCUT2D eigenvalue weighted by Crippen LogP contribution is -2.31. The minimum atomic E-state index is -0.180. The SMILES string of the molecule is Cc1cc(C)cc(NC(=O)c2cnc(N3CCCCC3)nc2)c1. The van der Waals surface area contributed by atoms with E-state index in [4.69, 9.17) is 0 Å². The van der Waals surface area contributed by atoms with E-state index in [0.29, 0.717) is 11.5 Å². The molecule has 5 heteroatoms. The molecule has 0 aliphatic carbocycles. The minimum absolute atomic E-state index is 0.180. The van der Waals surface area contributed by atoms with Gasteiger partial charge in [0.05, 0.1) is 5.56 Å². The standard InChI is InChI=1S/C18H22N4O/c1-13-8-14(2)10-16(9-13)21-17(23)15-11-19-18(20-12-15)22-6-4-3-5-7-22/h8-12H,3-7H2,1-2H3,(H,21,23). The predicted molar refractivity (Wildman–Crippen MR) is 92.0 cm³/mol. The fourth-order valence-corrected chi connectivity index (χ4v) is 2.95. The van der Waals surface area contributed by atoms with Crippen molar-refractivity contribution in [2.45, 2.75) is 33.1 Å². The zero-order valence-electron chi connectivity index (χ0n) is 13.7. The number of anilines is 2. The molecule has 1 saturated heterocycles. The number of aryl methyl sites for hydroxylation is 2. The molecular formula is C18H22N4O. The third kappa shape index (κ3) is 3.86. The molecule has 2 heterocycles. The normalized spacial score (nSPS) is 14.6. The van der Waals surface area contributed by atoms with Crippen LogP contribution in [0, 0.1) is 13.8 Å². The van der Waals surface area contributed by atoms with Gasteiger partial charge in [0.15, 0.2) is 0 Å². The zero-order valence-corrected chi connectivity index (χ0v) is 13.7. The van der Waals surface area contributed by atoms with Crippen molar-refractivity contribution in [3.8, 4) is 0 Å². The van der Waals surface area contributed by atoms with Crippen LogP contribution in [0.3, 0.4) is 0 Å². The van der Waals surface area contributed by atoms with Gasteiger partial charge in [-0.05, 0) is 56.4 Å². The Balaban J connectivity index is 1.69. The van der Waals surface area contributed by atoms with E-state index in [2.05, 4.69) is 26.3 Å². The lowest BCUT2D eigenvalue weighted by Gasteiger charge is -2.26. The molecule has 1 aliphatic rings. The van der Waals surface area contributed by atoms with Gasteiger partial charge in [0.1, 0.15) is 0 Å². The number of hydrogen-bond donors (Lipinski definition) is 1. The van der Waals surface area contributed by atoms with E-state index in [1.54, 1.807) is 12.4 Å². The number of rotatable bonds is 3. The summed E-state index contributed by atoms with van der Waals surface area (Å²) in [6.45, 7) is 6.01. The van der Waals surface area contributed by atoms with Crippen LogP contribution in [0.4, 0.5) is 11.6 Å². The van der Waals surface area contributed by atoms with E-state index in [1.165, 1.54) is 19.3 Å². The highest BCUT2D eigenvalue weighted by molar-refractivity contribution is 6.04. The maximum Gasteiger partial charge on any atom is 0.258 e. The molecule has 0 radical (unpaired) electrons. The highest BCUT2D eigenvalue weighted by Crippen LogP contribution is 2.17. The van der Waals surface area contributed by atoms with Crippen molar-refractivity contribution in [3.63, 3.8) is 0 Å². The Morgan fingerprint density at radius 1 is 1.00 bits per heavy atom. The van der Waals surface area contributed by atoms with Crippen molar-refractivity contribution in [1.29, 1.82) is 0 Å². The third-order valence-electron chi connectivity index (χ3n) is 4.02. The molecule has 5 nitrogen and oxygen atoms in total. The molecule has 1 N–H and O–H groups in total. The Labute approximate surface area is 136 Å². The highest BCUT2D eigenvalue weighted by atomic mass is 16.1. The topological polar surface area (TPSA) is 58.1 Å². The van der Waals surface area contributed by atoms with Gasteiger partial charge in [0.25, 0.3) is 5.91 Å². The number of benzene rings is 1. The Hall–Kier alpha value is -2.43. The summed E-state index contributed by atoms with van der Waals surface area (Å²) < 4.78 is 0. The molecule has 0 spiro atoms. The van der Waals surface area contributed by atoms with Crippen LogP contribution in [-0.2, 0) is 0 Å². The maximum absolute atomic E-state index is 12.3. The van der Waals surface area contributed by atoms with Gasteiger partial charge in [-0.2, -0.15) is 0 Å². The van der Waals surface area contributed by atoms with Crippen molar-refractivity contribution in [1.82, 2.24) is 9.97 Å². The number of amides is 1. The van der Waals surface area contributed by atoms with Crippen LogP contribution in [0.15, 0.2) is 30.6 Å². The van der Waals surface area contributed by atoms with Gasteiger partial charge >= 0.3 is 0 Å². The minimum Gasteiger partial charge on any atom is -0.341 e. The van der Waals surface area contributed by atoms with E-state index in [9.17, 15) is 4.79 Å². The average molecular weight is 310 g/mol. The summed E-state index contributed by atoms with van der Waals surface area (Å²) in [7, 11) is 0. The predicted octanol–water partition coefficient (Wildman–Crippen LogP) is 3.34. The number of nitrogens with one attached hydrogen (secondary N) is 1. The second-order valence-corrected chi connectivity index (χ2v) is 6.15. The van der Waals surface area contributed by atoms with E-state index in [-0.39, 0.29) is 5.91 Å². The van der Waals surface area contributed by atoms with Crippen molar-refractivity contribution in [2.24, 2.45) is 0 Å². The fourth-order valence-electron chi connectivity index (χ4n) is 2.95. The van der Waals surface area contributed by atoms with Crippen molar-refractivity contribution < 1.29 is 4.79 Å². The summed E-state index contributed by atoms with van der Waals surface area (Å²) >= 11 is 0. The van der Waals surface area contributed by atoms with E-state index < -0.39 is 0 Å². The Morgan fingerprint density at radius 2 is 1.61 bits per heavy atom. The molecule has 0 saturated carbocycles. The van der Waals surface area contributed by atoms with Crippen LogP contribution in [0.5, 0.6) is 0 Å². The average Bonchev–Trinajstić information content (AvgIpc) is 2.55. The summed E-state index contributed by atoms with van der Waals surface area (Å²) in [4.78, 5) is 23.2. The lowest BCUT2D eigenvalue weighted by molar-refractivity contribution is 0.102. The first-order valence-electron chi connectivity index (χ1n) is 8.08. The second-order valence-electron chi connectivity index (χ2n) is 6.15. The number of piperidine rings is 1. The fraction of sp³-hybridized carbons (Fsp3) is 0.389. The second kappa shape index (κ2) is 6.77. The smallest absolute Gasteiger partial charge is 0.258 e. The molecule has 3 rings (SSSR count). The van der Waals surface area contributed by atoms with Crippen LogP contribution in [0.25, 0.3) is 0 Å². The molecule has 1 amide bonds. The summed E-state index contributed by atoms with van der Waals surface area (Å²) in [5.41, 5.74) is 3.52. The largest absolute Gasteiger partial charge is 0.341 e. The summed E-state index contributed by atoms with van der Waals surface area (Å²) in [5.74, 6) is 0.535. The first-order valence-corrected chi connectivity index (χ1v) is 8.08. The molecular weight excluding hydrogens is 288 g/mol. The number of nitrogens with zero attached hydrogens (tertiary/aromatic N) is 3. The maximum atomic E-state index is 12.3. The van der Waals surface area contributed by atoms with Crippen LogP contribution >= 0.6 is 0 Å². The Kier molecular flexibility index (Phi) is 4.55. The van der Waals surface area contributed by atoms with Crippen LogP contribution < -0.4 is 10.2 Å². The molecule has 2 aromatic rings. The third-order valence-corrected chi connectivity index (χ3v) is 4.02. The quantitative estimate of drug-likeness (QED) is 0.944. The van der Waals surface area contributed by atoms with E-state index in [0.717, 1.165) is 29.9 Å². The first kappa shape index (κ1) is 15.5. The van der Waals surface area contributed by atoms with Gasteiger partial charge in [-0.15, -0.1) is 0 Å². The summed E-state index contributed by atoms with van der Waals surface area (Å²) in [5, 5.41) is 2.91. The van der Waals surface area contributed by atoms with Gasteiger partial charge in [0, 0.05) is 31.2 Å². The molecule has 0 bridgehead atoms. The number of aromatic nitrogens is 2. The molecule has 1 aromatic heterocycles. The van der Waals surface area contributed by atoms with Crippen LogP contribution in [0.2, 0.25) is 0 Å². The van der Waals surface area contributed by atoms with E-state index >= 15 is 0 Å². The van der Waals surface area contributed by atoms with Gasteiger partial charge in [0.2, 0.25) is 5.95 Å². The molecule has 0 unspecified atom stereocenters. The van der Waals surface area contributed by atoms with Crippen molar-refractivity contribution >= 4 is 17.5 Å². The molecule has 23 heavy (non-hydrogen) atoms. The first-order chi connectivity index (χ1) is 11.1. The number of carbonyl (C=O) groups excluding carboxylic acids is 1. The molecule has 1 fully saturated rings. The molecule has 1 aromatic carbocycles. The molecule has 0 atom stereocenters. The molecule has 1 aliphatic heterocycles. The van der Waals surface area contributed by atoms with E-state index in [1.807, 2.05) is 26.0 Å². The Bertz CT molecular complexity index is 670. The summed E-state index contributed by atoms with van der Waals surface area (Å²) in [6.07, 6.45) is 6.84. The van der Waals surface area contributed by atoms with Gasteiger partial charge in [-0.1, -0.05) is 6.07 Å². The zero-order chi connectivity index (χ0) is 16.2.